The Labute approximate surface area is 129 Å². The summed E-state index contributed by atoms with van der Waals surface area (Å²) in [5.41, 5.74) is 0.205. The van der Waals surface area contributed by atoms with Crippen molar-refractivity contribution in [2.75, 3.05) is 19.8 Å². The third-order valence-corrected chi connectivity index (χ3v) is 6.23. The second-order valence-electron chi connectivity index (χ2n) is 7.68. The van der Waals surface area contributed by atoms with Crippen LogP contribution in [0.15, 0.2) is 0 Å². The van der Waals surface area contributed by atoms with Gasteiger partial charge in [0.05, 0.1) is 5.60 Å². The maximum absolute atomic E-state index is 9.55. The molecular formula is C18H33NO2. The van der Waals surface area contributed by atoms with Crippen molar-refractivity contribution < 1.29 is 9.84 Å². The number of aliphatic hydroxyl groups is 1. The van der Waals surface area contributed by atoms with E-state index in [4.69, 9.17) is 4.74 Å². The predicted octanol–water partition coefficient (Wildman–Crippen LogP) is 3.26. The third kappa shape index (κ3) is 4.00. The minimum absolute atomic E-state index is 0.205. The van der Waals surface area contributed by atoms with E-state index in [1.54, 1.807) is 0 Å². The second kappa shape index (κ2) is 7.43. The lowest BCUT2D eigenvalue weighted by Crippen LogP contribution is -2.49. The highest BCUT2D eigenvalue weighted by Gasteiger charge is 2.38. The van der Waals surface area contributed by atoms with Gasteiger partial charge in [0.15, 0.2) is 0 Å². The first-order valence-corrected chi connectivity index (χ1v) is 9.29. The summed E-state index contributed by atoms with van der Waals surface area (Å²) in [6, 6.07) is 0.637. The Morgan fingerprint density at radius 1 is 0.952 bits per heavy atom. The van der Waals surface area contributed by atoms with Crippen LogP contribution in [-0.4, -0.2) is 36.5 Å². The van der Waals surface area contributed by atoms with Crippen LogP contribution in [0.2, 0.25) is 0 Å². The van der Waals surface area contributed by atoms with Crippen LogP contribution < -0.4 is 5.32 Å². The van der Waals surface area contributed by atoms with E-state index in [2.05, 4.69) is 5.32 Å². The van der Waals surface area contributed by atoms with Crippen molar-refractivity contribution in [1.82, 2.24) is 5.32 Å². The predicted molar refractivity (Wildman–Crippen MR) is 85.3 cm³/mol. The zero-order chi connectivity index (χ0) is 14.5. The summed E-state index contributed by atoms with van der Waals surface area (Å²) in [5, 5.41) is 13.4. The number of rotatable bonds is 4. The molecule has 1 aliphatic heterocycles. The van der Waals surface area contributed by atoms with Gasteiger partial charge in [-0.3, -0.25) is 0 Å². The molecule has 2 saturated carbocycles. The Morgan fingerprint density at radius 3 is 2.48 bits per heavy atom. The SMILES string of the molecule is OCC1CCCCC1CNC1CCOC2(CCCCC2)C1. The molecule has 0 radical (unpaired) electrons. The molecule has 1 spiro atoms. The molecule has 3 nitrogen and oxygen atoms in total. The normalized spacial score (nSPS) is 36.7. The zero-order valence-corrected chi connectivity index (χ0v) is 13.5. The molecule has 3 atom stereocenters. The van der Waals surface area contributed by atoms with Gasteiger partial charge >= 0.3 is 0 Å². The number of nitrogens with one attached hydrogen (secondary N) is 1. The average molecular weight is 295 g/mol. The van der Waals surface area contributed by atoms with Crippen LogP contribution in [0.3, 0.4) is 0 Å². The molecule has 3 fully saturated rings. The maximum atomic E-state index is 9.55. The summed E-state index contributed by atoms with van der Waals surface area (Å²) >= 11 is 0. The lowest BCUT2D eigenvalue weighted by Gasteiger charge is -2.44. The molecule has 3 unspecified atom stereocenters. The topological polar surface area (TPSA) is 41.5 Å². The largest absolute Gasteiger partial charge is 0.396 e. The standard InChI is InChI=1S/C18H33NO2/c20-14-16-7-3-2-6-15(16)13-19-17-8-11-21-18(12-17)9-4-1-5-10-18/h15-17,19-20H,1-14H2. The van der Waals surface area contributed by atoms with Crippen LogP contribution in [0.25, 0.3) is 0 Å². The molecule has 3 aliphatic rings. The van der Waals surface area contributed by atoms with E-state index >= 15 is 0 Å². The molecule has 3 heteroatoms. The van der Waals surface area contributed by atoms with E-state index < -0.39 is 0 Å². The van der Waals surface area contributed by atoms with Gasteiger partial charge in [-0.15, -0.1) is 0 Å². The Hall–Kier alpha value is -0.120. The molecule has 0 aromatic carbocycles. The van der Waals surface area contributed by atoms with Gasteiger partial charge in [-0.2, -0.15) is 0 Å². The molecule has 0 aromatic rings. The smallest absolute Gasteiger partial charge is 0.0697 e. The molecule has 0 bridgehead atoms. The molecule has 122 valence electrons. The number of aliphatic hydroxyl groups excluding tert-OH is 1. The fourth-order valence-electron chi connectivity index (χ4n) is 4.86. The zero-order valence-electron chi connectivity index (χ0n) is 13.5. The van der Waals surface area contributed by atoms with Gasteiger partial charge in [0.1, 0.15) is 0 Å². The number of hydrogen-bond acceptors (Lipinski definition) is 3. The maximum Gasteiger partial charge on any atom is 0.0697 e. The Kier molecular flexibility index (Phi) is 5.58. The summed E-state index contributed by atoms with van der Waals surface area (Å²) in [5.74, 6) is 1.23. The molecule has 2 aliphatic carbocycles. The van der Waals surface area contributed by atoms with Crippen LogP contribution in [0, 0.1) is 11.8 Å². The highest BCUT2D eigenvalue weighted by molar-refractivity contribution is 4.92. The first-order chi connectivity index (χ1) is 10.3. The average Bonchev–Trinajstić information content (AvgIpc) is 2.54. The summed E-state index contributed by atoms with van der Waals surface area (Å²) < 4.78 is 6.19. The fourth-order valence-corrected chi connectivity index (χ4v) is 4.86. The monoisotopic (exact) mass is 295 g/mol. The summed E-state index contributed by atoms with van der Waals surface area (Å²) in [7, 11) is 0. The minimum Gasteiger partial charge on any atom is -0.396 e. The third-order valence-electron chi connectivity index (χ3n) is 6.23. The molecule has 1 heterocycles. The Bertz CT molecular complexity index is 309. The van der Waals surface area contributed by atoms with Gasteiger partial charge < -0.3 is 15.2 Å². The highest BCUT2D eigenvalue weighted by atomic mass is 16.5. The molecule has 0 aromatic heterocycles. The lowest BCUT2D eigenvalue weighted by atomic mass is 9.77. The van der Waals surface area contributed by atoms with Gasteiger partial charge in [0, 0.05) is 19.3 Å². The molecule has 3 rings (SSSR count). The first-order valence-electron chi connectivity index (χ1n) is 9.29. The Balaban J connectivity index is 1.48. The van der Waals surface area contributed by atoms with E-state index in [-0.39, 0.29) is 5.60 Å². The Morgan fingerprint density at radius 2 is 1.71 bits per heavy atom. The molecular weight excluding hydrogens is 262 g/mol. The summed E-state index contributed by atoms with van der Waals surface area (Å²) in [6.07, 6.45) is 14.2. The van der Waals surface area contributed by atoms with Crippen LogP contribution in [0.4, 0.5) is 0 Å². The van der Waals surface area contributed by atoms with Gasteiger partial charge in [0.25, 0.3) is 0 Å². The molecule has 2 N–H and O–H groups in total. The molecule has 0 amide bonds. The van der Waals surface area contributed by atoms with E-state index in [0.29, 0.717) is 24.5 Å². The van der Waals surface area contributed by atoms with Crippen molar-refractivity contribution in [3.63, 3.8) is 0 Å². The van der Waals surface area contributed by atoms with E-state index in [1.165, 1.54) is 64.2 Å². The highest BCUT2D eigenvalue weighted by Crippen LogP contribution is 2.38. The van der Waals surface area contributed by atoms with Gasteiger partial charge in [-0.25, -0.2) is 0 Å². The van der Waals surface area contributed by atoms with Crippen molar-refractivity contribution in [2.45, 2.75) is 82.3 Å². The van der Waals surface area contributed by atoms with E-state index in [9.17, 15) is 5.11 Å². The quantitative estimate of drug-likeness (QED) is 0.836. The molecule has 1 saturated heterocycles. The van der Waals surface area contributed by atoms with Crippen molar-refractivity contribution >= 4 is 0 Å². The number of ether oxygens (including phenoxy) is 1. The first kappa shape index (κ1) is 15.8. The van der Waals surface area contributed by atoms with Crippen LogP contribution in [0.1, 0.15) is 70.6 Å². The van der Waals surface area contributed by atoms with Gasteiger partial charge in [-0.1, -0.05) is 32.1 Å². The van der Waals surface area contributed by atoms with Crippen molar-refractivity contribution in [3.8, 4) is 0 Å². The minimum atomic E-state index is 0.205. The van der Waals surface area contributed by atoms with Gasteiger partial charge in [-0.05, 0) is 56.9 Å². The van der Waals surface area contributed by atoms with E-state index in [1.807, 2.05) is 0 Å². The van der Waals surface area contributed by atoms with Crippen LogP contribution in [0.5, 0.6) is 0 Å². The summed E-state index contributed by atoms with van der Waals surface area (Å²) in [4.78, 5) is 0. The van der Waals surface area contributed by atoms with Crippen molar-refractivity contribution in [1.29, 1.82) is 0 Å². The molecule has 21 heavy (non-hydrogen) atoms. The van der Waals surface area contributed by atoms with E-state index in [0.717, 1.165) is 19.6 Å². The van der Waals surface area contributed by atoms with Crippen molar-refractivity contribution in [3.05, 3.63) is 0 Å². The van der Waals surface area contributed by atoms with Gasteiger partial charge in [0.2, 0.25) is 0 Å². The lowest BCUT2D eigenvalue weighted by molar-refractivity contribution is -0.109. The summed E-state index contributed by atoms with van der Waals surface area (Å²) in [6.45, 7) is 2.42. The van der Waals surface area contributed by atoms with Crippen molar-refractivity contribution in [2.24, 2.45) is 11.8 Å². The van der Waals surface area contributed by atoms with Crippen LogP contribution in [-0.2, 0) is 4.74 Å². The second-order valence-corrected chi connectivity index (χ2v) is 7.68. The van der Waals surface area contributed by atoms with Crippen LogP contribution >= 0.6 is 0 Å². The fraction of sp³-hybridized carbons (Fsp3) is 1.00. The number of hydrogen-bond donors (Lipinski definition) is 2.